The Morgan fingerprint density at radius 2 is 2.33 bits per heavy atom. The van der Waals surface area contributed by atoms with Crippen molar-refractivity contribution >= 4 is 37.9 Å². The van der Waals surface area contributed by atoms with Crippen molar-refractivity contribution in [3.63, 3.8) is 0 Å². The van der Waals surface area contributed by atoms with Crippen LogP contribution in [-0.2, 0) is 6.54 Å². The zero-order chi connectivity index (χ0) is 12.5. The second-order valence-corrected chi connectivity index (χ2v) is 5.93. The summed E-state index contributed by atoms with van der Waals surface area (Å²) in [6.45, 7) is 2.84. The van der Waals surface area contributed by atoms with Crippen molar-refractivity contribution in [3.8, 4) is 0 Å². The second kappa shape index (κ2) is 4.74. The SMILES string of the molecule is Cc1cc(Br)ccc1NCc1cn2ccsc2n1. The van der Waals surface area contributed by atoms with Crippen LogP contribution in [0.3, 0.4) is 0 Å². The van der Waals surface area contributed by atoms with E-state index >= 15 is 0 Å². The number of imidazole rings is 1. The van der Waals surface area contributed by atoms with Crippen molar-refractivity contribution in [2.75, 3.05) is 5.32 Å². The number of rotatable bonds is 3. The molecule has 0 fully saturated rings. The van der Waals surface area contributed by atoms with Gasteiger partial charge in [0.2, 0.25) is 0 Å². The molecule has 92 valence electrons. The number of aryl methyl sites for hydroxylation is 1. The first-order valence-corrected chi connectivity index (χ1v) is 7.31. The van der Waals surface area contributed by atoms with Gasteiger partial charge in [-0.25, -0.2) is 4.98 Å². The smallest absolute Gasteiger partial charge is 0.193 e. The summed E-state index contributed by atoms with van der Waals surface area (Å²) in [6.07, 6.45) is 4.09. The maximum atomic E-state index is 4.54. The van der Waals surface area contributed by atoms with E-state index < -0.39 is 0 Å². The van der Waals surface area contributed by atoms with E-state index in [2.05, 4.69) is 55.9 Å². The average molecular weight is 322 g/mol. The number of fused-ring (bicyclic) bond motifs is 1. The molecule has 0 aliphatic rings. The number of nitrogens with zero attached hydrogens (tertiary/aromatic N) is 2. The predicted octanol–water partition coefficient (Wildman–Crippen LogP) is 4.08. The molecule has 3 aromatic rings. The third-order valence-corrected chi connectivity index (χ3v) is 4.06. The Morgan fingerprint density at radius 1 is 1.44 bits per heavy atom. The molecule has 18 heavy (non-hydrogen) atoms. The number of aromatic nitrogens is 2. The van der Waals surface area contributed by atoms with Gasteiger partial charge in [0, 0.05) is 27.9 Å². The molecule has 2 aromatic heterocycles. The summed E-state index contributed by atoms with van der Waals surface area (Å²) in [4.78, 5) is 5.59. The van der Waals surface area contributed by atoms with Crippen molar-refractivity contribution in [1.82, 2.24) is 9.38 Å². The Labute approximate surface area is 118 Å². The fourth-order valence-corrected chi connectivity index (χ4v) is 3.07. The lowest BCUT2D eigenvalue weighted by Gasteiger charge is -2.08. The van der Waals surface area contributed by atoms with Crippen LogP contribution in [0, 0.1) is 6.92 Å². The minimum atomic E-state index is 0.747. The van der Waals surface area contributed by atoms with Gasteiger partial charge in [-0.05, 0) is 30.7 Å². The third kappa shape index (κ3) is 2.28. The maximum Gasteiger partial charge on any atom is 0.193 e. The maximum absolute atomic E-state index is 4.54. The fraction of sp³-hybridized carbons (Fsp3) is 0.154. The molecule has 0 unspecified atom stereocenters. The Bertz CT molecular complexity index is 658. The van der Waals surface area contributed by atoms with Crippen LogP contribution in [0.25, 0.3) is 4.96 Å². The zero-order valence-corrected chi connectivity index (χ0v) is 12.3. The van der Waals surface area contributed by atoms with Crippen LogP contribution in [-0.4, -0.2) is 9.38 Å². The van der Waals surface area contributed by atoms with Crippen LogP contribution in [0.2, 0.25) is 0 Å². The second-order valence-electron chi connectivity index (χ2n) is 4.14. The van der Waals surface area contributed by atoms with Crippen LogP contribution >= 0.6 is 27.3 Å². The fourth-order valence-electron chi connectivity index (χ4n) is 1.87. The quantitative estimate of drug-likeness (QED) is 0.787. The van der Waals surface area contributed by atoms with Crippen LogP contribution in [0.4, 0.5) is 5.69 Å². The Kier molecular flexibility index (Phi) is 3.09. The predicted molar refractivity (Wildman–Crippen MR) is 79.3 cm³/mol. The molecular weight excluding hydrogens is 310 g/mol. The minimum Gasteiger partial charge on any atom is -0.379 e. The Hall–Kier alpha value is -1.33. The van der Waals surface area contributed by atoms with Gasteiger partial charge in [0.05, 0.1) is 12.2 Å². The van der Waals surface area contributed by atoms with Gasteiger partial charge < -0.3 is 5.32 Å². The topological polar surface area (TPSA) is 29.3 Å². The molecule has 0 aliphatic heterocycles. The third-order valence-electron chi connectivity index (χ3n) is 2.79. The molecule has 2 heterocycles. The molecule has 5 heteroatoms. The molecule has 1 N–H and O–H groups in total. The van der Waals surface area contributed by atoms with E-state index in [-0.39, 0.29) is 0 Å². The van der Waals surface area contributed by atoms with Crippen LogP contribution in [0.15, 0.2) is 40.4 Å². The van der Waals surface area contributed by atoms with Gasteiger partial charge in [-0.2, -0.15) is 0 Å². The van der Waals surface area contributed by atoms with Crippen molar-refractivity contribution in [2.24, 2.45) is 0 Å². The lowest BCUT2D eigenvalue weighted by molar-refractivity contribution is 1.07. The molecule has 0 saturated carbocycles. The molecule has 0 radical (unpaired) electrons. The van der Waals surface area contributed by atoms with E-state index in [1.807, 2.05) is 17.6 Å². The van der Waals surface area contributed by atoms with Gasteiger partial charge in [0.25, 0.3) is 0 Å². The number of hydrogen-bond acceptors (Lipinski definition) is 3. The van der Waals surface area contributed by atoms with Crippen LogP contribution in [0.5, 0.6) is 0 Å². The Balaban J connectivity index is 1.76. The van der Waals surface area contributed by atoms with Crippen molar-refractivity contribution in [1.29, 1.82) is 0 Å². The van der Waals surface area contributed by atoms with Gasteiger partial charge in [-0.3, -0.25) is 4.40 Å². The van der Waals surface area contributed by atoms with Crippen molar-refractivity contribution in [2.45, 2.75) is 13.5 Å². The molecule has 0 bridgehead atoms. The summed E-state index contributed by atoms with van der Waals surface area (Å²) in [7, 11) is 0. The first-order chi connectivity index (χ1) is 8.72. The van der Waals surface area contributed by atoms with Gasteiger partial charge in [0.15, 0.2) is 4.96 Å². The molecule has 0 saturated heterocycles. The van der Waals surface area contributed by atoms with E-state index in [1.165, 1.54) is 5.56 Å². The molecule has 3 rings (SSSR count). The first kappa shape index (κ1) is 11.7. The highest BCUT2D eigenvalue weighted by Crippen LogP contribution is 2.21. The number of benzene rings is 1. The highest BCUT2D eigenvalue weighted by molar-refractivity contribution is 9.10. The number of anilines is 1. The monoisotopic (exact) mass is 321 g/mol. The summed E-state index contributed by atoms with van der Waals surface area (Å²) >= 11 is 5.12. The van der Waals surface area contributed by atoms with E-state index in [4.69, 9.17) is 0 Å². The van der Waals surface area contributed by atoms with Gasteiger partial charge >= 0.3 is 0 Å². The summed E-state index contributed by atoms with van der Waals surface area (Å²) in [6, 6.07) is 6.23. The van der Waals surface area contributed by atoms with E-state index in [9.17, 15) is 0 Å². The average Bonchev–Trinajstić information content (AvgIpc) is 2.88. The normalized spacial score (nSPS) is 11.0. The minimum absolute atomic E-state index is 0.747. The van der Waals surface area contributed by atoms with Crippen molar-refractivity contribution < 1.29 is 0 Å². The van der Waals surface area contributed by atoms with Gasteiger partial charge in [0.1, 0.15) is 0 Å². The Morgan fingerprint density at radius 3 is 3.11 bits per heavy atom. The number of nitrogens with one attached hydrogen (secondary N) is 1. The standard InChI is InChI=1S/C13H12BrN3S/c1-9-6-10(14)2-3-12(9)15-7-11-8-17-4-5-18-13(17)16-11/h2-6,8,15H,7H2,1H3. The molecular formula is C13H12BrN3S. The summed E-state index contributed by atoms with van der Waals surface area (Å²) < 4.78 is 3.16. The highest BCUT2D eigenvalue weighted by Gasteiger charge is 2.03. The summed E-state index contributed by atoms with van der Waals surface area (Å²) in [5, 5.41) is 5.46. The molecule has 0 atom stereocenters. The van der Waals surface area contributed by atoms with Crippen molar-refractivity contribution in [3.05, 3.63) is 51.7 Å². The molecule has 0 spiro atoms. The summed E-state index contributed by atoms with van der Waals surface area (Å²) in [5.74, 6) is 0. The van der Waals surface area contributed by atoms with E-state index in [0.717, 1.165) is 27.4 Å². The van der Waals surface area contributed by atoms with Crippen LogP contribution < -0.4 is 5.32 Å². The molecule has 3 nitrogen and oxygen atoms in total. The van der Waals surface area contributed by atoms with Gasteiger partial charge in [-0.1, -0.05) is 15.9 Å². The van der Waals surface area contributed by atoms with E-state index in [1.54, 1.807) is 11.3 Å². The van der Waals surface area contributed by atoms with Crippen LogP contribution in [0.1, 0.15) is 11.3 Å². The number of hydrogen-bond donors (Lipinski definition) is 1. The lowest BCUT2D eigenvalue weighted by atomic mass is 10.2. The number of thiazole rings is 1. The zero-order valence-electron chi connectivity index (χ0n) is 9.85. The van der Waals surface area contributed by atoms with E-state index in [0.29, 0.717) is 0 Å². The molecule has 1 aromatic carbocycles. The molecule has 0 aliphatic carbocycles. The van der Waals surface area contributed by atoms with Gasteiger partial charge in [-0.15, -0.1) is 11.3 Å². The molecule has 0 amide bonds. The first-order valence-electron chi connectivity index (χ1n) is 5.63. The number of halogens is 1. The summed E-state index contributed by atoms with van der Waals surface area (Å²) in [5.41, 5.74) is 3.43. The largest absolute Gasteiger partial charge is 0.379 e. The highest BCUT2D eigenvalue weighted by atomic mass is 79.9. The lowest BCUT2D eigenvalue weighted by Crippen LogP contribution is -2.01.